The van der Waals surface area contributed by atoms with Crippen molar-refractivity contribution in [2.45, 2.75) is 6.43 Å². The van der Waals surface area contributed by atoms with Crippen LogP contribution < -0.4 is 10.1 Å². The number of hydrogen-bond donors (Lipinski definition) is 1. The van der Waals surface area contributed by atoms with E-state index in [4.69, 9.17) is 9.47 Å². The number of para-hydroxylation sites is 1. The fourth-order valence-electron chi connectivity index (χ4n) is 1.20. The van der Waals surface area contributed by atoms with E-state index in [9.17, 15) is 8.78 Å². The number of ether oxygens (including phenoxy) is 2. The molecule has 5 heteroatoms. The van der Waals surface area contributed by atoms with E-state index < -0.39 is 13.0 Å². The average molecular weight is 245 g/mol. The van der Waals surface area contributed by atoms with E-state index >= 15 is 0 Å². The predicted molar refractivity (Wildman–Crippen MR) is 61.6 cm³/mol. The van der Waals surface area contributed by atoms with E-state index in [1.54, 1.807) is 0 Å². The number of alkyl halides is 2. The smallest absolute Gasteiger partial charge is 0.261 e. The summed E-state index contributed by atoms with van der Waals surface area (Å²) in [6.45, 7) is 1.54. The molecule has 0 bridgehead atoms. The normalized spacial score (nSPS) is 10.8. The van der Waals surface area contributed by atoms with Gasteiger partial charge >= 0.3 is 0 Å². The highest BCUT2D eigenvalue weighted by Crippen LogP contribution is 2.07. The molecule has 0 unspecified atom stereocenters. The van der Waals surface area contributed by atoms with Crippen molar-refractivity contribution >= 4 is 0 Å². The first-order valence-electron chi connectivity index (χ1n) is 5.53. The van der Waals surface area contributed by atoms with Crippen molar-refractivity contribution in [1.29, 1.82) is 0 Å². The van der Waals surface area contributed by atoms with Crippen LogP contribution in [0.5, 0.6) is 5.75 Å². The Hall–Kier alpha value is -1.20. The Balaban J connectivity index is 1.88. The third-order valence-corrected chi connectivity index (χ3v) is 1.96. The van der Waals surface area contributed by atoms with Crippen molar-refractivity contribution < 1.29 is 18.3 Å². The van der Waals surface area contributed by atoms with Crippen LogP contribution >= 0.6 is 0 Å². The van der Waals surface area contributed by atoms with Gasteiger partial charge in [-0.1, -0.05) is 18.2 Å². The topological polar surface area (TPSA) is 30.5 Å². The van der Waals surface area contributed by atoms with Crippen LogP contribution in [0.4, 0.5) is 8.78 Å². The van der Waals surface area contributed by atoms with Gasteiger partial charge in [0, 0.05) is 13.1 Å². The van der Waals surface area contributed by atoms with Crippen LogP contribution in [-0.4, -0.2) is 39.3 Å². The maximum atomic E-state index is 11.7. The highest BCUT2D eigenvalue weighted by Gasteiger charge is 2.00. The van der Waals surface area contributed by atoms with Gasteiger partial charge in [-0.05, 0) is 12.1 Å². The summed E-state index contributed by atoms with van der Waals surface area (Å²) in [5.41, 5.74) is 0. The molecular weight excluding hydrogens is 228 g/mol. The fraction of sp³-hybridized carbons (Fsp3) is 0.500. The summed E-state index contributed by atoms with van der Waals surface area (Å²) in [7, 11) is 0. The largest absolute Gasteiger partial charge is 0.492 e. The predicted octanol–water partition coefficient (Wildman–Crippen LogP) is 1.94. The summed E-state index contributed by atoms with van der Waals surface area (Å²) in [5.74, 6) is 0.822. The first-order chi connectivity index (χ1) is 8.29. The number of rotatable bonds is 9. The first-order valence-corrected chi connectivity index (χ1v) is 5.53. The van der Waals surface area contributed by atoms with Gasteiger partial charge in [0.05, 0.1) is 6.61 Å². The second kappa shape index (κ2) is 8.90. The molecule has 0 amide bonds. The number of halogens is 2. The molecular formula is C12H17F2NO2. The van der Waals surface area contributed by atoms with Crippen molar-refractivity contribution in [2.75, 3.05) is 32.9 Å². The Morgan fingerprint density at radius 3 is 2.47 bits per heavy atom. The molecule has 0 saturated carbocycles. The SMILES string of the molecule is FC(F)COCCNCCOc1ccccc1. The monoisotopic (exact) mass is 245 g/mol. The van der Waals surface area contributed by atoms with E-state index in [1.165, 1.54) is 0 Å². The van der Waals surface area contributed by atoms with Crippen molar-refractivity contribution in [2.24, 2.45) is 0 Å². The van der Waals surface area contributed by atoms with E-state index in [2.05, 4.69) is 5.32 Å². The van der Waals surface area contributed by atoms with Gasteiger partial charge in [0.25, 0.3) is 6.43 Å². The van der Waals surface area contributed by atoms with Gasteiger partial charge in [-0.25, -0.2) is 8.78 Å². The molecule has 0 heterocycles. The standard InChI is InChI=1S/C12H17F2NO2/c13-12(14)10-16-8-6-15-7-9-17-11-4-2-1-3-5-11/h1-5,12,15H,6-10H2. The van der Waals surface area contributed by atoms with Crippen LogP contribution in [0.2, 0.25) is 0 Å². The lowest BCUT2D eigenvalue weighted by molar-refractivity contribution is 0.0186. The summed E-state index contributed by atoms with van der Waals surface area (Å²) >= 11 is 0. The maximum Gasteiger partial charge on any atom is 0.261 e. The summed E-state index contributed by atoms with van der Waals surface area (Å²) < 4.78 is 33.5. The molecule has 0 atom stereocenters. The Morgan fingerprint density at radius 2 is 1.76 bits per heavy atom. The zero-order chi connectivity index (χ0) is 12.3. The Bertz CT molecular complexity index is 283. The number of benzene rings is 1. The Kier molecular flexibility index (Phi) is 7.25. The van der Waals surface area contributed by atoms with Crippen LogP contribution in [-0.2, 0) is 4.74 Å². The second-order valence-electron chi connectivity index (χ2n) is 3.38. The summed E-state index contributed by atoms with van der Waals surface area (Å²) in [4.78, 5) is 0. The van der Waals surface area contributed by atoms with Gasteiger partial charge in [-0.3, -0.25) is 0 Å². The lowest BCUT2D eigenvalue weighted by Crippen LogP contribution is -2.25. The molecule has 96 valence electrons. The quantitative estimate of drug-likeness (QED) is 0.674. The lowest BCUT2D eigenvalue weighted by Gasteiger charge is -2.07. The van der Waals surface area contributed by atoms with E-state index in [1.807, 2.05) is 30.3 Å². The first kappa shape index (κ1) is 13.9. The zero-order valence-corrected chi connectivity index (χ0v) is 9.57. The molecule has 0 radical (unpaired) electrons. The fourth-order valence-corrected chi connectivity index (χ4v) is 1.20. The number of hydrogen-bond acceptors (Lipinski definition) is 3. The van der Waals surface area contributed by atoms with Crippen molar-refractivity contribution in [3.05, 3.63) is 30.3 Å². The van der Waals surface area contributed by atoms with E-state index in [0.717, 1.165) is 5.75 Å². The molecule has 0 aliphatic rings. The van der Waals surface area contributed by atoms with E-state index in [0.29, 0.717) is 19.7 Å². The van der Waals surface area contributed by atoms with Gasteiger partial charge in [-0.15, -0.1) is 0 Å². The minimum Gasteiger partial charge on any atom is -0.492 e. The van der Waals surface area contributed by atoms with Crippen LogP contribution in [0.15, 0.2) is 30.3 Å². The van der Waals surface area contributed by atoms with Crippen molar-refractivity contribution in [3.8, 4) is 5.75 Å². The molecule has 0 aliphatic heterocycles. The molecule has 0 saturated heterocycles. The van der Waals surface area contributed by atoms with E-state index in [-0.39, 0.29) is 6.61 Å². The molecule has 1 aromatic carbocycles. The minimum atomic E-state index is -2.39. The maximum absolute atomic E-state index is 11.7. The van der Waals surface area contributed by atoms with Gasteiger partial charge in [0.1, 0.15) is 19.0 Å². The van der Waals surface area contributed by atoms with Gasteiger partial charge in [0.15, 0.2) is 0 Å². The summed E-state index contributed by atoms with van der Waals surface area (Å²) in [6, 6.07) is 9.49. The molecule has 1 aromatic rings. The zero-order valence-electron chi connectivity index (χ0n) is 9.57. The number of nitrogens with one attached hydrogen (secondary N) is 1. The van der Waals surface area contributed by atoms with Crippen molar-refractivity contribution in [1.82, 2.24) is 5.32 Å². The average Bonchev–Trinajstić information content (AvgIpc) is 2.33. The molecule has 0 aliphatic carbocycles. The molecule has 0 aromatic heterocycles. The van der Waals surface area contributed by atoms with Gasteiger partial charge in [0.2, 0.25) is 0 Å². The summed E-state index contributed by atoms with van der Waals surface area (Å²) in [5, 5.41) is 3.03. The molecule has 17 heavy (non-hydrogen) atoms. The Labute approximate surface area is 99.7 Å². The van der Waals surface area contributed by atoms with Crippen LogP contribution in [0.25, 0.3) is 0 Å². The minimum absolute atomic E-state index is 0.287. The van der Waals surface area contributed by atoms with Crippen LogP contribution in [0, 0.1) is 0 Å². The highest BCUT2D eigenvalue weighted by atomic mass is 19.3. The van der Waals surface area contributed by atoms with Crippen LogP contribution in [0.1, 0.15) is 0 Å². The summed E-state index contributed by atoms with van der Waals surface area (Å²) in [6.07, 6.45) is -2.39. The second-order valence-corrected chi connectivity index (χ2v) is 3.38. The Morgan fingerprint density at radius 1 is 1.06 bits per heavy atom. The van der Waals surface area contributed by atoms with Gasteiger partial charge < -0.3 is 14.8 Å². The molecule has 3 nitrogen and oxygen atoms in total. The van der Waals surface area contributed by atoms with Crippen LogP contribution in [0.3, 0.4) is 0 Å². The third kappa shape index (κ3) is 7.65. The molecule has 0 spiro atoms. The lowest BCUT2D eigenvalue weighted by atomic mass is 10.3. The third-order valence-electron chi connectivity index (χ3n) is 1.96. The van der Waals surface area contributed by atoms with Crippen molar-refractivity contribution in [3.63, 3.8) is 0 Å². The molecule has 0 fully saturated rings. The highest BCUT2D eigenvalue weighted by molar-refractivity contribution is 5.20. The molecule has 1 N–H and O–H groups in total. The van der Waals surface area contributed by atoms with Gasteiger partial charge in [-0.2, -0.15) is 0 Å². The molecule has 1 rings (SSSR count).